The molecule has 0 aromatic rings. The number of allylic oxidation sites excluding steroid dienone is 4. The third-order valence-electron chi connectivity index (χ3n) is 0.824. The molecule has 2 nitrogen and oxygen atoms in total. The zero-order chi connectivity index (χ0) is 5.98. The first-order chi connectivity index (χ1) is 3.79. The minimum absolute atomic E-state index is 0. The summed E-state index contributed by atoms with van der Waals surface area (Å²) in [5.41, 5.74) is 0. The van der Waals surface area contributed by atoms with Gasteiger partial charge >= 0.3 is 18.9 Å². The normalized spacial score (nSPS) is 15.6. The van der Waals surface area contributed by atoms with E-state index in [-0.39, 0.29) is 31.9 Å². The molecule has 0 radical (unpaired) electrons. The van der Waals surface area contributed by atoms with Crippen LogP contribution in [0.1, 0.15) is 1.43 Å². The van der Waals surface area contributed by atoms with Gasteiger partial charge in [0.25, 0.3) is 0 Å². The van der Waals surface area contributed by atoms with E-state index in [1.807, 2.05) is 0 Å². The summed E-state index contributed by atoms with van der Waals surface area (Å²) >= 11 is 0. The standard InChI is InChI=1S/C6H4O2.Li.H/c7-5-1-2-6(8)4-3-5;;/h1-4H;;/q;+1;-1. The molecule has 0 spiro atoms. The van der Waals surface area contributed by atoms with Crippen molar-refractivity contribution in [1.82, 2.24) is 0 Å². The van der Waals surface area contributed by atoms with Crippen molar-refractivity contribution in [3.63, 3.8) is 0 Å². The molecule has 0 aromatic heterocycles. The van der Waals surface area contributed by atoms with Crippen LogP contribution in [-0.2, 0) is 9.59 Å². The Kier molecular flexibility index (Phi) is 3.22. The molecule has 0 aromatic carbocycles. The number of ketones is 2. The summed E-state index contributed by atoms with van der Waals surface area (Å²) in [7, 11) is 0. The summed E-state index contributed by atoms with van der Waals surface area (Å²) in [5.74, 6) is -0.241. The van der Waals surface area contributed by atoms with Crippen molar-refractivity contribution in [2.75, 3.05) is 0 Å². The second kappa shape index (κ2) is 3.44. The molecule has 9 heavy (non-hydrogen) atoms. The zero-order valence-corrected chi connectivity index (χ0v) is 5.13. The van der Waals surface area contributed by atoms with Crippen LogP contribution in [0.4, 0.5) is 0 Å². The monoisotopic (exact) mass is 116 g/mol. The molecular formula is C6H5LiO2. The van der Waals surface area contributed by atoms with Gasteiger partial charge in [0.15, 0.2) is 11.6 Å². The van der Waals surface area contributed by atoms with E-state index in [1.54, 1.807) is 0 Å². The number of carbonyl (C=O) groups excluding carboxylic acids is 2. The molecule has 1 rings (SSSR count). The number of carbonyl (C=O) groups is 2. The van der Waals surface area contributed by atoms with Gasteiger partial charge in [-0.05, 0) is 24.3 Å². The molecular weight excluding hydrogens is 111 g/mol. The van der Waals surface area contributed by atoms with E-state index < -0.39 is 0 Å². The molecule has 42 valence electrons. The van der Waals surface area contributed by atoms with Crippen LogP contribution in [0.15, 0.2) is 24.3 Å². The third kappa shape index (κ3) is 2.45. The van der Waals surface area contributed by atoms with E-state index >= 15 is 0 Å². The van der Waals surface area contributed by atoms with Gasteiger partial charge in [-0.3, -0.25) is 9.59 Å². The Labute approximate surface area is 66.3 Å². The van der Waals surface area contributed by atoms with Crippen LogP contribution >= 0.6 is 0 Å². The predicted octanol–water partition coefficient (Wildman–Crippen LogP) is -2.63. The van der Waals surface area contributed by atoms with E-state index in [1.165, 1.54) is 24.3 Å². The molecule has 0 saturated carbocycles. The molecule has 0 unspecified atom stereocenters. The molecule has 0 atom stereocenters. The van der Waals surface area contributed by atoms with Gasteiger partial charge in [-0.25, -0.2) is 0 Å². The Morgan fingerprint density at radius 2 is 1.11 bits per heavy atom. The SMILES string of the molecule is O=C1C=CC(=O)C=C1.[H-].[Li+]. The van der Waals surface area contributed by atoms with E-state index in [2.05, 4.69) is 0 Å². The van der Waals surface area contributed by atoms with Crippen molar-refractivity contribution < 1.29 is 29.9 Å². The maximum absolute atomic E-state index is 10.3. The maximum atomic E-state index is 10.3. The Bertz CT molecular complexity index is 158. The Morgan fingerprint density at radius 3 is 1.33 bits per heavy atom. The predicted molar refractivity (Wildman–Crippen MR) is 29.4 cm³/mol. The minimum atomic E-state index is -0.121. The summed E-state index contributed by atoms with van der Waals surface area (Å²) in [6.45, 7) is 0. The quantitative estimate of drug-likeness (QED) is 0.256. The molecule has 0 bridgehead atoms. The fourth-order valence-electron chi connectivity index (χ4n) is 0.440. The molecule has 0 heterocycles. The fraction of sp³-hybridized carbons (Fsp3) is 0. The van der Waals surface area contributed by atoms with Crippen molar-refractivity contribution >= 4 is 11.6 Å². The van der Waals surface area contributed by atoms with Gasteiger partial charge in [0, 0.05) is 0 Å². The summed E-state index contributed by atoms with van der Waals surface area (Å²) in [4.78, 5) is 20.6. The van der Waals surface area contributed by atoms with Gasteiger partial charge in [0.1, 0.15) is 0 Å². The number of rotatable bonds is 0. The van der Waals surface area contributed by atoms with E-state index in [0.717, 1.165) is 0 Å². The van der Waals surface area contributed by atoms with Crippen LogP contribution in [0.25, 0.3) is 0 Å². The average molecular weight is 116 g/mol. The first-order valence-electron chi connectivity index (χ1n) is 2.23. The summed E-state index contributed by atoms with van der Waals surface area (Å²) in [6.07, 6.45) is 5.01. The van der Waals surface area contributed by atoms with E-state index in [4.69, 9.17) is 0 Å². The smallest absolute Gasteiger partial charge is 1.00 e. The molecule has 0 fully saturated rings. The number of hydrogen-bond donors (Lipinski definition) is 0. The van der Waals surface area contributed by atoms with E-state index in [9.17, 15) is 9.59 Å². The topological polar surface area (TPSA) is 34.1 Å². The Hall–Kier alpha value is -0.583. The van der Waals surface area contributed by atoms with Crippen LogP contribution in [0.2, 0.25) is 0 Å². The first kappa shape index (κ1) is 8.42. The van der Waals surface area contributed by atoms with Gasteiger partial charge in [-0.15, -0.1) is 0 Å². The van der Waals surface area contributed by atoms with Crippen LogP contribution in [0, 0.1) is 0 Å². The Balaban J connectivity index is 0. The van der Waals surface area contributed by atoms with Gasteiger partial charge in [0.2, 0.25) is 0 Å². The fourth-order valence-corrected chi connectivity index (χ4v) is 0.440. The van der Waals surface area contributed by atoms with Crippen molar-refractivity contribution in [3.8, 4) is 0 Å². The van der Waals surface area contributed by atoms with Gasteiger partial charge in [-0.2, -0.15) is 0 Å². The largest absolute Gasteiger partial charge is 1.00 e. The van der Waals surface area contributed by atoms with Crippen LogP contribution in [0.5, 0.6) is 0 Å². The molecule has 0 saturated heterocycles. The molecule has 0 aliphatic heterocycles. The van der Waals surface area contributed by atoms with Crippen LogP contribution < -0.4 is 18.9 Å². The summed E-state index contributed by atoms with van der Waals surface area (Å²) < 4.78 is 0. The Morgan fingerprint density at radius 1 is 0.889 bits per heavy atom. The summed E-state index contributed by atoms with van der Waals surface area (Å²) in [5, 5.41) is 0. The van der Waals surface area contributed by atoms with Crippen molar-refractivity contribution in [2.45, 2.75) is 0 Å². The second-order valence-corrected chi connectivity index (χ2v) is 1.47. The van der Waals surface area contributed by atoms with Gasteiger partial charge in [-0.1, -0.05) is 0 Å². The molecule has 1 aliphatic carbocycles. The van der Waals surface area contributed by atoms with Crippen molar-refractivity contribution in [2.24, 2.45) is 0 Å². The molecule has 0 amide bonds. The molecule has 3 heteroatoms. The first-order valence-corrected chi connectivity index (χ1v) is 2.23. The third-order valence-corrected chi connectivity index (χ3v) is 0.824. The maximum Gasteiger partial charge on any atom is 1.00 e. The van der Waals surface area contributed by atoms with Gasteiger partial charge in [0.05, 0.1) is 0 Å². The van der Waals surface area contributed by atoms with Crippen molar-refractivity contribution in [3.05, 3.63) is 24.3 Å². The number of hydrogen-bond acceptors (Lipinski definition) is 2. The zero-order valence-electron chi connectivity index (χ0n) is 6.13. The van der Waals surface area contributed by atoms with Crippen LogP contribution in [-0.4, -0.2) is 11.6 Å². The minimum Gasteiger partial charge on any atom is -1.00 e. The molecule has 0 N–H and O–H groups in total. The second-order valence-electron chi connectivity index (χ2n) is 1.47. The average Bonchev–Trinajstić information content (AvgIpc) is 1.77. The van der Waals surface area contributed by atoms with Crippen molar-refractivity contribution in [1.29, 1.82) is 0 Å². The summed E-state index contributed by atoms with van der Waals surface area (Å²) in [6, 6.07) is 0. The molecule has 1 aliphatic rings. The van der Waals surface area contributed by atoms with Crippen LogP contribution in [0.3, 0.4) is 0 Å². The van der Waals surface area contributed by atoms with Gasteiger partial charge < -0.3 is 1.43 Å². The van der Waals surface area contributed by atoms with E-state index in [0.29, 0.717) is 0 Å².